The Bertz CT molecular complexity index is 260. The molecule has 0 heterocycles. The summed E-state index contributed by atoms with van der Waals surface area (Å²) in [6.45, 7) is 9.73. The van der Waals surface area contributed by atoms with E-state index in [1.165, 1.54) is 135 Å². The van der Waals surface area contributed by atoms with Crippen molar-refractivity contribution in [1.82, 2.24) is 0 Å². The SMILES string of the molecule is CCCCCCCCCCCCCCCCCCCCCC[P+](C)(C)C.[Cl-]. The maximum Gasteiger partial charge on any atom is 0.0586 e. The maximum absolute atomic E-state index is 2.47. The Balaban J connectivity index is 0. The van der Waals surface area contributed by atoms with Gasteiger partial charge in [-0.1, -0.05) is 122 Å². The molecule has 166 valence electrons. The molecule has 0 aliphatic carbocycles. The van der Waals surface area contributed by atoms with Crippen LogP contribution in [-0.4, -0.2) is 26.2 Å². The number of hydrogen-bond acceptors (Lipinski definition) is 0. The summed E-state index contributed by atoms with van der Waals surface area (Å²) in [5.41, 5.74) is 0. The van der Waals surface area contributed by atoms with Crippen LogP contribution >= 0.6 is 7.26 Å². The van der Waals surface area contributed by atoms with Crippen molar-refractivity contribution in [3.05, 3.63) is 0 Å². The summed E-state index contributed by atoms with van der Waals surface area (Å²) in [7, 11) is -0.510. The van der Waals surface area contributed by atoms with Crippen LogP contribution in [0.4, 0.5) is 0 Å². The molecule has 0 aliphatic heterocycles. The second-order valence-corrected chi connectivity index (χ2v) is 14.8. The molecular formula is C25H54ClP. The smallest absolute Gasteiger partial charge is 0.0586 e. The van der Waals surface area contributed by atoms with Gasteiger partial charge in [0.25, 0.3) is 0 Å². The van der Waals surface area contributed by atoms with Crippen molar-refractivity contribution in [2.45, 2.75) is 135 Å². The van der Waals surface area contributed by atoms with Gasteiger partial charge in [0.1, 0.15) is 0 Å². The average molecular weight is 421 g/mol. The van der Waals surface area contributed by atoms with Gasteiger partial charge in [-0.2, -0.15) is 0 Å². The number of hydrogen-bond donors (Lipinski definition) is 0. The first-order valence-corrected chi connectivity index (χ1v) is 15.7. The molecule has 0 saturated carbocycles. The zero-order valence-electron chi connectivity index (χ0n) is 19.7. The van der Waals surface area contributed by atoms with Crippen molar-refractivity contribution in [1.29, 1.82) is 0 Å². The van der Waals surface area contributed by atoms with Crippen LogP contribution in [0.15, 0.2) is 0 Å². The molecule has 0 N–H and O–H groups in total. The van der Waals surface area contributed by atoms with Gasteiger partial charge in [0.15, 0.2) is 0 Å². The van der Waals surface area contributed by atoms with Crippen molar-refractivity contribution in [2.24, 2.45) is 0 Å². The third-order valence-corrected chi connectivity index (χ3v) is 7.34. The topological polar surface area (TPSA) is 0 Å². The van der Waals surface area contributed by atoms with Gasteiger partial charge in [-0.05, 0) is 12.8 Å². The molecule has 2 heteroatoms. The van der Waals surface area contributed by atoms with E-state index in [9.17, 15) is 0 Å². The minimum atomic E-state index is -0.510. The van der Waals surface area contributed by atoms with Crippen molar-refractivity contribution in [3.8, 4) is 0 Å². The maximum atomic E-state index is 2.47. The molecule has 0 atom stereocenters. The van der Waals surface area contributed by atoms with Gasteiger partial charge in [-0.15, -0.1) is 0 Å². The van der Waals surface area contributed by atoms with E-state index in [-0.39, 0.29) is 12.4 Å². The van der Waals surface area contributed by atoms with Gasteiger partial charge in [0.05, 0.1) is 6.16 Å². The standard InChI is InChI=1S/C25H54P.ClH/c1-5-6-7-8-9-10-11-12-13-14-15-16-17-18-19-20-21-22-23-24-25-26(2,3)4;/h5-25H2,1-4H3;1H/q+1;/p-1. The van der Waals surface area contributed by atoms with E-state index in [0.29, 0.717) is 0 Å². The average Bonchev–Trinajstić information content (AvgIpc) is 2.59. The van der Waals surface area contributed by atoms with Crippen LogP contribution in [0.3, 0.4) is 0 Å². The molecule has 0 unspecified atom stereocenters. The van der Waals surface area contributed by atoms with E-state index < -0.39 is 7.26 Å². The lowest BCUT2D eigenvalue weighted by Gasteiger charge is -2.10. The van der Waals surface area contributed by atoms with Crippen LogP contribution in [0.25, 0.3) is 0 Å². The lowest BCUT2D eigenvalue weighted by Crippen LogP contribution is -3.00. The van der Waals surface area contributed by atoms with Crippen LogP contribution in [0.5, 0.6) is 0 Å². The van der Waals surface area contributed by atoms with Crippen molar-refractivity contribution < 1.29 is 12.4 Å². The second kappa shape index (κ2) is 23.0. The Kier molecular flexibility index (Phi) is 25.5. The van der Waals surface area contributed by atoms with E-state index in [1.54, 1.807) is 0 Å². The minimum absolute atomic E-state index is 0. The predicted octanol–water partition coefficient (Wildman–Crippen LogP) is 6.72. The summed E-state index contributed by atoms with van der Waals surface area (Å²) in [6.07, 6.45) is 31.1. The normalized spacial score (nSPS) is 11.6. The summed E-state index contributed by atoms with van der Waals surface area (Å²) >= 11 is 0. The quantitative estimate of drug-likeness (QED) is 0.143. The molecular weight excluding hydrogens is 367 g/mol. The molecule has 27 heavy (non-hydrogen) atoms. The highest BCUT2D eigenvalue weighted by atomic mass is 35.5. The van der Waals surface area contributed by atoms with E-state index in [2.05, 4.69) is 26.9 Å². The summed E-state index contributed by atoms with van der Waals surface area (Å²) < 4.78 is 0. The van der Waals surface area contributed by atoms with Crippen LogP contribution in [0, 0.1) is 0 Å². The van der Waals surface area contributed by atoms with E-state index in [1.807, 2.05) is 0 Å². The van der Waals surface area contributed by atoms with E-state index in [0.717, 1.165) is 0 Å². The molecule has 0 aromatic rings. The molecule has 0 rings (SSSR count). The third-order valence-electron chi connectivity index (χ3n) is 5.68. The number of rotatable bonds is 21. The lowest BCUT2D eigenvalue weighted by atomic mass is 10.0. The van der Waals surface area contributed by atoms with Crippen LogP contribution in [0.2, 0.25) is 0 Å². The van der Waals surface area contributed by atoms with Crippen molar-refractivity contribution in [2.75, 3.05) is 26.2 Å². The Hall–Kier alpha value is 0.720. The predicted molar refractivity (Wildman–Crippen MR) is 128 cm³/mol. The van der Waals surface area contributed by atoms with Gasteiger partial charge in [-0.3, -0.25) is 0 Å². The van der Waals surface area contributed by atoms with E-state index in [4.69, 9.17) is 0 Å². The zero-order valence-corrected chi connectivity index (χ0v) is 21.3. The zero-order chi connectivity index (χ0) is 19.3. The van der Waals surface area contributed by atoms with Crippen LogP contribution < -0.4 is 12.4 Å². The fourth-order valence-corrected chi connectivity index (χ4v) is 5.01. The highest BCUT2D eigenvalue weighted by molar-refractivity contribution is 7.73. The molecule has 0 amide bonds. The molecule has 0 aliphatic rings. The largest absolute Gasteiger partial charge is 1.00 e. The van der Waals surface area contributed by atoms with Crippen molar-refractivity contribution in [3.63, 3.8) is 0 Å². The third kappa shape index (κ3) is 29.0. The molecule has 0 fully saturated rings. The van der Waals surface area contributed by atoms with Crippen molar-refractivity contribution >= 4 is 7.26 Å². The molecule has 0 nitrogen and oxygen atoms in total. The monoisotopic (exact) mass is 420 g/mol. The van der Waals surface area contributed by atoms with Gasteiger partial charge in [0.2, 0.25) is 0 Å². The lowest BCUT2D eigenvalue weighted by molar-refractivity contribution is -0.00000609. The number of unbranched alkanes of at least 4 members (excludes halogenated alkanes) is 19. The molecule has 0 radical (unpaired) electrons. The summed E-state index contributed by atoms with van der Waals surface area (Å²) in [5, 5.41) is 0. The Morgan fingerprint density at radius 1 is 0.370 bits per heavy atom. The number of halogens is 1. The van der Waals surface area contributed by atoms with Gasteiger partial charge >= 0.3 is 0 Å². The fourth-order valence-electron chi connectivity index (χ4n) is 3.84. The van der Waals surface area contributed by atoms with Gasteiger partial charge < -0.3 is 12.4 Å². The molecule has 0 spiro atoms. The summed E-state index contributed by atoms with van der Waals surface area (Å²) in [6, 6.07) is 0. The summed E-state index contributed by atoms with van der Waals surface area (Å²) in [4.78, 5) is 0. The minimum Gasteiger partial charge on any atom is -1.00 e. The first-order chi connectivity index (χ1) is 12.6. The van der Waals surface area contributed by atoms with Crippen LogP contribution in [0.1, 0.15) is 135 Å². The first kappa shape index (κ1) is 29.9. The molecule has 0 saturated heterocycles. The van der Waals surface area contributed by atoms with E-state index >= 15 is 0 Å². The molecule has 0 bridgehead atoms. The van der Waals surface area contributed by atoms with Gasteiger partial charge in [0, 0.05) is 27.3 Å². The molecule has 0 aromatic heterocycles. The second-order valence-electron chi connectivity index (χ2n) is 9.73. The van der Waals surface area contributed by atoms with Crippen LogP contribution in [-0.2, 0) is 0 Å². The fraction of sp³-hybridized carbons (Fsp3) is 1.00. The Morgan fingerprint density at radius 2 is 0.593 bits per heavy atom. The Labute approximate surface area is 181 Å². The Morgan fingerprint density at radius 3 is 0.815 bits per heavy atom. The first-order valence-electron chi connectivity index (χ1n) is 12.4. The summed E-state index contributed by atoms with van der Waals surface area (Å²) in [5.74, 6) is 0. The molecule has 0 aromatic carbocycles. The highest BCUT2D eigenvalue weighted by Gasteiger charge is 2.15. The highest BCUT2D eigenvalue weighted by Crippen LogP contribution is 2.47. The van der Waals surface area contributed by atoms with Gasteiger partial charge in [-0.25, -0.2) is 0 Å².